The van der Waals surface area contributed by atoms with Crippen LogP contribution < -0.4 is 10.3 Å². The zero-order valence-electron chi connectivity index (χ0n) is 7.46. The highest BCUT2D eigenvalue weighted by atomic mass is 16.9. The van der Waals surface area contributed by atoms with Gasteiger partial charge in [0.25, 0.3) is 0 Å². The average molecular weight is 180 g/mol. The highest BCUT2D eigenvalue weighted by Gasteiger charge is 1.98. The number of likely N-dealkylation sites (N-methyl/N-ethyl adjacent to an activating group) is 1. The second-order valence-electron chi connectivity index (χ2n) is 2.42. The molecule has 0 heterocycles. The number of hydrogen-bond acceptors (Lipinski definition) is 4. The summed E-state index contributed by atoms with van der Waals surface area (Å²) in [5.41, 5.74) is 0. The van der Waals surface area contributed by atoms with Crippen LogP contribution in [0.3, 0.4) is 0 Å². The molecule has 0 aliphatic rings. The van der Waals surface area contributed by atoms with Crippen LogP contribution in [0.2, 0.25) is 0 Å². The predicted molar refractivity (Wildman–Crippen MR) is 42.1 cm³/mol. The molecule has 0 saturated carbocycles. The standard InChI is InChI=1S/C6H16N2O4/c1-7(9)3-6-12-8(10)4-5-11-2/h7-8H,3-6H2,1-2H3. The number of hydrogen-bond donors (Lipinski definition) is 2. The van der Waals surface area contributed by atoms with Crippen molar-refractivity contribution in [3.63, 3.8) is 0 Å². The lowest BCUT2D eigenvalue weighted by Gasteiger charge is -2.21. The highest BCUT2D eigenvalue weighted by Crippen LogP contribution is 1.60. The molecule has 74 valence electrons. The van der Waals surface area contributed by atoms with E-state index >= 15 is 0 Å². The summed E-state index contributed by atoms with van der Waals surface area (Å²) in [6.45, 7) is 1.07. The summed E-state index contributed by atoms with van der Waals surface area (Å²) in [5.74, 6) is 0. The molecule has 6 heteroatoms. The molecule has 0 fully saturated rings. The largest absolute Gasteiger partial charge is 0.634 e. The Kier molecular flexibility index (Phi) is 7.26. The molecule has 0 amide bonds. The molecule has 0 rings (SSSR count). The molecule has 0 aromatic carbocycles. The van der Waals surface area contributed by atoms with E-state index in [9.17, 15) is 10.4 Å². The molecule has 6 nitrogen and oxygen atoms in total. The number of methoxy groups -OCH3 is 1. The maximum absolute atomic E-state index is 10.8. The second-order valence-corrected chi connectivity index (χ2v) is 2.42. The molecule has 0 aromatic rings. The fourth-order valence-electron chi connectivity index (χ4n) is 0.566. The zero-order chi connectivity index (χ0) is 9.40. The third-order valence-electron chi connectivity index (χ3n) is 1.23. The van der Waals surface area contributed by atoms with E-state index in [1.165, 1.54) is 14.2 Å². The SMILES string of the molecule is COCC[NH+]([O-])OCC[NH+](C)[O-]. The van der Waals surface area contributed by atoms with Gasteiger partial charge in [-0.25, -0.2) is 5.23 Å². The molecule has 2 N–H and O–H groups in total. The van der Waals surface area contributed by atoms with Crippen LogP contribution in [0.4, 0.5) is 0 Å². The Morgan fingerprint density at radius 2 is 1.83 bits per heavy atom. The molecule has 0 radical (unpaired) electrons. The van der Waals surface area contributed by atoms with Crippen LogP contribution in [0.25, 0.3) is 0 Å². The van der Waals surface area contributed by atoms with Crippen LogP contribution in [-0.4, -0.2) is 40.5 Å². The van der Waals surface area contributed by atoms with Gasteiger partial charge in [0.05, 0.1) is 13.7 Å². The molecule has 12 heavy (non-hydrogen) atoms. The minimum atomic E-state index is -0.321. The van der Waals surface area contributed by atoms with E-state index in [2.05, 4.69) is 4.74 Å². The lowest BCUT2D eigenvalue weighted by Crippen LogP contribution is -3.09. The molecule has 2 unspecified atom stereocenters. The maximum Gasteiger partial charge on any atom is 0.155 e. The lowest BCUT2D eigenvalue weighted by atomic mass is 10.7. The normalized spacial score (nSPS) is 16.0. The Hall–Kier alpha value is -0.240. The van der Waals surface area contributed by atoms with E-state index in [1.807, 2.05) is 0 Å². The van der Waals surface area contributed by atoms with Gasteiger partial charge in [-0.05, 0) is 0 Å². The summed E-state index contributed by atoms with van der Waals surface area (Å²) < 4.78 is 4.67. The van der Waals surface area contributed by atoms with E-state index in [0.29, 0.717) is 13.2 Å². The molecule has 0 saturated heterocycles. The highest BCUT2D eigenvalue weighted by molar-refractivity contribution is 4.21. The summed E-state index contributed by atoms with van der Waals surface area (Å²) in [5, 5.41) is 20.9. The van der Waals surface area contributed by atoms with Gasteiger partial charge in [0.2, 0.25) is 0 Å². The quantitative estimate of drug-likeness (QED) is 0.408. The van der Waals surface area contributed by atoms with Gasteiger partial charge >= 0.3 is 0 Å². The van der Waals surface area contributed by atoms with Gasteiger partial charge in [-0.2, -0.15) is 4.84 Å². The average Bonchev–Trinajstić information content (AvgIpc) is 2.00. The van der Waals surface area contributed by atoms with E-state index in [0.717, 1.165) is 0 Å². The first kappa shape index (κ1) is 11.8. The van der Waals surface area contributed by atoms with Gasteiger partial charge in [-0.3, -0.25) is 0 Å². The second kappa shape index (κ2) is 7.41. The maximum atomic E-state index is 10.8. The Morgan fingerprint density at radius 1 is 1.17 bits per heavy atom. The molecule has 0 aromatic heterocycles. The molecule has 0 bridgehead atoms. The van der Waals surface area contributed by atoms with Crippen molar-refractivity contribution in [1.82, 2.24) is 0 Å². The lowest BCUT2D eigenvalue weighted by molar-refractivity contribution is -1.05. The smallest absolute Gasteiger partial charge is 0.155 e. The number of quaternary nitrogens is 2. The van der Waals surface area contributed by atoms with Gasteiger partial charge < -0.3 is 20.2 Å². The van der Waals surface area contributed by atoms with Crippen LogP contribution in [-0.2, 0) is 9.57 Å². The van der Waals surface area contributed by atoms with Crippen molar-refractivity contribution < 1.29 is 19.9 Å². The molecule has 0 spiro atoms. The van der Waals surface area contributed by atoms with E-state index in [-0.39, 0.29) is 23.4 Å². The fourth-order valence-corrected chi connectivity index (χ4v) is 0.566. The number of hydroxylamine groups is 4. The summed E-state index contributed by atoms with van der Waals surface area (Å²) in [6, 6.07) is 0. The fraction of sp³-hybridized carbons (Fsp3) is 1.00. The summed E-state index contributed by atoms with van der Waals surface area (Å²) in [4.78, 5) is 4.72. The Labute approximate surface area is 71.8 Å². The van der Waals surface area contributed by atoms with E-state index in [4.69, 9.17) is 4.84 Å². The first-order valence-corrected chi connectivity index (χ1v) is 3.81. The van der Waals surface area contributed by atoms with Crippen molar-refractivity contribution in [2.45, 2.75) is 0 Å². The van der Waals surface area contributed by atoms with Gasteiger partial charge in [0, 0.05) is 7.11 Å². The van der Waals surface area contributed by atoms with Crippen LogP contribution in [0.15, 0.2) is 0 Å². The van der Waals surface area contributed by atoms with Crippen LogP contribution in [0.5, 0.6) is 0 Å². The number of nitrogens with one attached hydrogen (secondary N) is 2. The van der Waals surface area contributed by atoms with Gasteiger partial charge in [0.1, 0.15) is 13.1 Å². The van der Waals surface area contributed by atoms with E-state index in [1.54, 1.807) is 0 Å². The predicted octanol–water partition coefficient (Wildman–Crippen LogP) is -3.04. The molecular formula is C6H16N2O4. The minimum Gasteiger partial charge on any atom is -0.634 e. The molecule has 0 aliphatic heterocycles. The number of ether oxygens (including phenoxy) is 1. The van der Waals surface area contributed by atoms with E-state index < -0.39 is 0 Å². The Bertz CT molecular complexity index is 102. The van der Waals surface area contributed by atoms with Crippen molar-refractivity contribution >= 4 is 0 Å². The molecular weight excluding hydrogens is 164 g/mol. The topological polar surface area (TPSA) is 73.5 Å². The first-order valence-electron chi connectivity index (χ1n) is 3.81. The van der Waals surface area contributed by atoms with Gasteiger partial charge in [0.15, 0.2) is 6.61 Å². The summed E-state index contributed by atoms with van der Waals surface area (Å²) in [7, 11) is 2.98. The van der Waals surface area contributed by atoms with Crippen molar-refractivity contribution in [3.8, 4) is 0 Å². The van der Waals surface area contributed by atoms with Crippen LogP contribution in [0, 0.1) is 10.4 Å². The summed E-state index contributed by atoms with van der Waals surface area (Å²) in [6.07, 6.45) is 0. The van der Waals surface area contributed by atoms with Crippen molar-refractivity contribution in [1.29, 1.82) is 0 Å². The molecule has 2 atom stereocenters. The zero-order valence-corrected chi connectivity index (χ0v) is 7.46. The van der Waals surface area contributed by atoms with Crippen LogP contribution in [0.1, 0.15) is 0 Å². The Morgan fingerprint density at radius 3 is 2.33 bits per heavy atom. The monoisotopic (exact) mass is 180 g/mol. The van der Waals surface area contributed by atoms with Gasteiger partial charge in [-0.15, -0.1) is 0 Å². The Balaban J connectivity index is 3.13. The van der Waals surface area contributed by atoms with Crippen molar-refractivity contribution in [2.24, 2.45) is 0 Å². The van der Waals surface area contributed by atoms with Crippen LogP contribution >= 0.6 is 0 Å². The third-order valence-corrected chi connectivity index (χ3v) is 1.23. The van der Waals surface area contributed by atoms with Gasteiger partial charge in [-0.1, -0.05) is 0 Å². The first-order chi connectivity index (χ1) is 5.66. The third kappa shape index (κ3) is 7.86. The van der Waals surface area contributed by atoms with Crippen molar-refractivity contribution in [2.75, 3.05) is 40.5 Å². The number of rotatable bonds is 7. The van der Waals surface area contributed by atoms with Crippen molar-refractivity contribution in [3.05, 3.63) is 10.4 Å². The minimum absolute atomic E-state index is 0.0227. The molecule has 0 aliphatic carbocycles. The summed E-state index contributed by atoms with van der Waals surface area (Å²) >= 11 is 0.